The summed E-state index contributed by atoms with van der Waals surface area (Å²) in [5.41, 5.74) is 7.13. The van der Waals surface area contributed by atoms with Crippen molar-refractivity contribution in [3.63, 3.8) is 0 Å². The summed E-state index contributed by atoms with van der Waals surface area (Å²) in [6.45, 7) is 2.06. The van der Waals surface area contributed by atoms with Gasteiger partial charge in [-0.15, -0.1) is 0 Å². The van der Waals surface area contributed by atoms with Crippen LogP contribution in [-0.4, -0.2) is 19.9 Å². The lowest BCUT2D eigenvalue weighted by Crippen LogP contribution is -2.00. The van der Waals surface area contributed by atoms with E-state index in [1.165, 1.54) is 0 Å². The van der Waals surface area contributed by atoms with E-state index in [0.717, 1.165) is 44.4 Å². The molecule has 0 amide bonds. The molecule has 0 N–H and O–H groups in total. The zero-order chi connectivity index (χ0) is 23.6. The smallest absolute Gasteiger partial charge is 0.164 e. The van der Waals surface area contributed by atoms with Crippen LogP contribution in [0.3, 0.4) is 0 Å². The van der Waals surface area contributed by atoms with Gasteiger partial charge in [0.2, 0.25) is 0 Å². The van der Waals surface area contributed by atoms with Crippen LogP contribution in [0.2, 0.25) is 0 Å². The molecule has 0 bridgehead atoms. The highest BCUT2D eigenvalue weighted by atomic mass is 15.0. The fraction of sp³-hybridized carbons (Fsp3) is 0.0323. The van der Waals surface area contributed by atoms with Gasteiger partial charge in [-0.25, -0.2) is 15.0 Å². The van der Waals surface area contributed by atoms with Crippen LogP contribution in [0.5, 0.6) is 0 Å². The molecule has 35 heavy (non-hydrogen) atoms. The summed E-state index contributed by atoms with van der Waals surface area (Å²) in [6, 6.07) is 38.8. The summed E-state index contributed by atoms with van der Waals surface area (Å²) >= 11 is 0. The van der Waals surface area contributed by atoms with E-state index >= 15 is 0 Å². The molecule has 0 aliphatic heterocycles. The maximum atomic E-state index is 4.83. The van der Waals surface area contributed by atoms with Crippen molar-refractivity contribution in [3.05, 3.63) is 121 Å². The van der Waals surface area contributed by atoms with Crippen LogP contribution >= 0.6 is 0 Å². The monoisotopic (exact) mass is 450 g/mol. The van der Waals surface area contributed by atoms with Gasteiger partial charge in [0, 0.05) is 33.3 Å². The number of rotatable bonds is 4. The van der Waals surface area contributed by atoms with Crippen LogP contribution in [0.15, 0.2) is 115 Å². The first-order valence-electron chi connectivity index (χ1n) is 11.6. The molecule has 0 radical (unpaired) electrons. The number of para-hydroxylation sites is 1. The first-order valence-corrected chi connectivity index (χ1v) is 11.6. The van der Waals surface area contributed by atoms with Crippen molar-refractivity contribution in [2.45, 2.75) is 6.92 Å². The molecule has 0 saturated carbocycles. The van der Waals surface area contributed by atoms with E-state index < -0.39 is 0 Å². The van der Waals surface area contributed by atoms with Crippen LogP contribution in [0.4, 0.5) is 0 Å². The normalized spacial score (nSPS) is 11.0. The lowest BCUT2D eigenvalue weighted by atomic mass is 10.0. The molecule has 6 rings (SSSR count). The Bertz CT molecular complexity index is 1570. The van der Waals surface area contributed by atoms with Crippen LogP contribution in [0.25, 0.3) is 56.2 Å². The van der Waals surface area contributed by atoms with Crippen LogP contribution in [0, 0.1) is 6.92 Å². The Labute approximate surface area is 204 Å². The van der Waals surface area contributed by atoms with Gasteiger partial charge in [0.15, 0.2) is 17.5 Å². The van der Waals surface area contributed by atoms with Crippen molar-refractivity contribution < 1.29 is 0 Å². The minimum Gasteiger partial charge on any atom is -0.252 e. The van der Waals surface area contributed by atoms with Crippen LogP contribution < -0.4 is 0 Å². The van der Waals surface area contributed by atoms with E-state index in [1.54, 1.807) is 0 Å². The van der Waals surface area contributed by atoms with Gasteiger partial charge in [-0.05, 0) is 24.6 Å². The average molecular weight is 451 g/mol. The third-order valence-electron chi connectivity index (χ3n) is 6.07. The molecule has 4 heteroatoms. The molecule has 2 heterocycles. The van der Waals surface area contributed by atoms with Crippen molar-refractivity contribution >= 4 is 10.9 Å². The van der Waals surface area contributed by atoms with E-state index in [-0.39, 0.29) is 0 Å². The molecule has 0 aliphatic rings. The molecule has 0 atom stereocenters. The van der Waals surface area contributed by atoms with Gasteiger partial charge in [-0.1, -0.05) is 103 Å². The zero-order valence-electron chi connectivity index (χ0n) is 19.3. The van der Waals surface area contributed by atoms with E-state index in [2.05, 4.69) is 43.3 Å². The van der Waals surface area contributed by atoms with E-state index in [9.17, 15) is 0 Å². The first kappa shape index (κ1) is 20.9. The minimum atomic E-state index is 0.651. The SMILES string of the molecule is Cc1nc2ccccc2cc1-c1ccc(-c2nc(-c3ccccc3)nc(-c3ccccc3)n2)cc1. The van der Waals surface area contributed by atoms with Crippen LogP contribution in [0.1, 0.15) is 5.69 Å². The summed E-state index contributed by atoms with van der Waals surface area (Å²) in [4.78, 5) is 19.2. The standard InChI is InChI=1S/C31H22N4/c1-21-27(20-26-14-8-9-15-28(26)32-21)22-16-18-25(19-17-22)31-34-29(23-10-4-2-5-11-23)33-30(35-31)24-12-6-3-7-13-24/h2-20H,1H3. The summed E-state index contributed by atoms with van der Waals surface area (Å²) in [7, 11) is 0. The predicted molar refractivity (Wildman–Crippen MR) is 142 cm³/mol. The van der Waals surface area contributed by atoms with E-state index in [1.807, 2.05) is 78.9 Å². The molecule has 4 aromatic carbocycles. The van der Waals surface area contributed by atoms with Gasteiger partial charge in [-0.2, -0.15) is 0 Å². The third kappa shape index (κ3) is 4.18. The number of hydrogen-bond donors (Lipinski definition) is 0. The van der Waals surface area contributed by atoms with Crippen molar-refractivity contribution in [1.82, 2.24) is 19.9 Å². The highest BCUT2D eigenvalue weighted by molar-refractivity contribution is 5.85. The number of aromatic nitrogens is 4. The average Bonchev–Trinajstić information content (AvgIpc) is 2.93. The summed E-state index contributed by atoms with van der Waals surface area (Å²) in [6.07, 6.45) is 0. The fourth-order valence-electron chi connectivity index (χ4n) is 4.24. The first-order chi connectivity index (χ1) is 17.2. The summed E-state index contributed by atoms with van der Waals surface area (Å²) < 4.78 is 0. The number of pyridine rings is 1. The lowest BCUT2D eigenvalue weighted by molar-refractivity contribution is 1.07. The predicted octanol–water partition coefficient (Wildman–Crippen LogP) is 7.40. The van der Waals surface area contributed by atoms with Crippen molar-refractivity contribution in [2.24, 2.45) is 0 Å². The minimum absolute atomic E-state index is 0.651. The van der Waals surface area contributed by atoms with Gasteiger partial charge in [0.05, 0.1) is 5.52 Å². The maximum absolute atomic E-state index is 4.83. The molecule has 2 aromatic heterocycles. The molecule has 0 fully saturated rings. The lowest BCUT2D eigenvalue weighted by Gasteiger charge is -2.10. The molecular formula is C31H22N4. The fourth-order valence-corrected chi connectivity index (χ4v) is 4.24. The Kier molecular flexibility index (Phi) is 5.32. The Morgan fingerprint density at radius 1 is 0.429 bits per heavy atom. The van der Waals surface area contributed by atoms with Gasteiger partial charge in [0.25, 0.3) is 0 Å². The maximum Gasteiger partial charge on any atom is 0.164 e. The Hall–Kier alpha value is -4.70. The molecule has 0 unspecified atom stereocenters. The molecule has 0 saturated heterocycles. The second-order valence-corrected chi connectivity index (χ2v) is 8.43. The second-order valence-electron chi connectivity index (χ2n) is 8.43. The van der Waals surface area contributed by atoms with Gasteiger partial charge < -0.3 is 0 Å². The number of aryl methyl sites for hydroxylation is 1. The Morgan fingerprint density at radius 3 is 1.46 bits per heavy atom. The Balaban J connectivity index is 1.43. The van der Waals surface area contributed by atoms with Crippen LogP contribution in [-0.2, 0) is 0 Å². The second kappa shape index (κ2) is 8.92. The topological polar surface area (TPSA) is 51.6 Å². The van der Waals surface area contributed by atoms with E-state index in [0.29, 0.717) is 17.5 Å². The van der Waals surface area contributed by atoms with Crippen molar-refractivity contribution in [1.29, 1.82) is 0 Å². The molecule has 0 aliphatic carbocycles. The van der Waals surface area contributed by atoms with Gasteiger partial charge in [0.1, 0.15) is 0 Å². The van der Waals surface area contributed by atoms with Gasteiger partial charge >= 0.3 is 0 Å². The zero-order valence-corrected chi connectivity index (χ0v) is 19.3. The van der Waals surface area contributed by atoms with Crippen molar-refractivity contribution in [3.8, 4) is 45.3 Å². The molecule has 0 spiro atoms. The van der Waals surface area contributed by atoms with Gasteiger partial charge in [-0.3, -0.25) is 4.98 Å². The molecular weight excluding hydrogens is 428 g/mol. The third-order valence-corrected chi connectivity index (χ3v) is 6.07. The number of hydrogen-bond acceptors (Lipinski definition) is 4. The summed E-state index contributed by atoms with van der Waals surface area (Å²) in [5, 5.41) is 1.13. The Morgan fingerprint density at radius 2 is 0.886 bits per heavy atom. The van der Waals surface area contributed by atoms with Crippen molar-refractivity contribution in [2.75, 3.05) is 0 Å². The quantitative estimate of drug-likeness (QED) is 0.281. The summed E-state index contributed by atoms with van der Waals surface area (Å²) in [5.74, 6) is 1.97. The highest BCUT2D eigenvalue weighted by Crippen LogP contribution is 2.29. The largest absolute Gasteiger partial charge is 0.252 e. The van der Waals surface area contributed by atoms with E-state index in [4.69, 9.17) is 19.9 Å². The molecule has 6 aromatic rings. The molecule has 166 valence electrons. The number of nitrogens with zero attached hydrogens (tertiary/aromatic N) is 4. The number of fused-ring (bicyclic) bond motifs is 1. The molecule has 4 nitrogen and oxygen atoms in total. The number of benzene rings is 4. The highest BCUT2D eigenvalue weighted by Gasteiger charge is 2.13.